The van der Waals surface area contributed by atoms with Crippen molar-refractivity contribution in [2.24, 2.45) is 0 Å². The normalized spacial score (nSPS) is 15.2. The van der Waals surface area contributed by atoms with Crippen LogP contribution in [0.2, 0.25) is 0 Å². The number of carboxylic acid groups (broad SMARTS) is 1. The number of rotatable bonds is 7. The molecule has 1 aromatic carbocycles. The Bertz CT molecular complexity index is 783. The number of nitrogens with zero attached hydrogens (tertiary/aromatic N) is 1. The van der Waals surface area contributed by atoms with Gasteiger partial charge in [-0.1, -0.05) is 6.07 Å². The van der Waals surface area contributed by atoms with E-state index in [1.165, 1.54) is 0 Å². The molecular weight excluding hydrogens is 340 g/mol. The van der Waals surface area contributed by atoms with Crippen molar-refractivity contribution in [3.63, 3.8) is 0 Å². The third-order valence-electron chi connectivity index (χ3n) is 4.33. The van der Waals surface area contributed by atoms with Crippen LogP contribution in [0.15, 0.2) is 29.6 Å². The lowest BCUT2D eigenvalue weighted by Gasteiger charge is -2.41. The van der Waals surface area contributed by atoms with Crippen molar-refractivity contribution >= 4 is 23.2 Å². The molecule has 1 aliphatic carbocycles. The first-order chi connectivity index (χ1) is 12.0. The molecule has 3 rings (SSSR count). The SMILES string of the molecule is Cc1nc(COc2cccc(C(=O)NC3(CC(=O)O)CCC3)c2)cs1. The van der Waals surface area contributed by atoms with Crippen molar-refractivity contribution in [3.8, 4) is 5.75 Å². The predicted octanol–water partition coefficient (Wildman–Crippen LogP) is 3.16. The smallest absolute Gasteiger partial charge is 0.305 e. The molecule has 0 atom stereocenters. The number of carbonyl (C=O) groups is 2. The van der Waals surface area contributed by atoms with E-state index in [0.29, 0.717) is 30.8 Å². The number of amides is 1. The van der Waals surface area contributed by atoms with Gasteiger partial charge in [-0.15, -0.1) is 11.3 Å². The van der Waals surface area contributed by atoms with Crippen molar-refractivity contribution in [1.29, 1.82) is 0 Å². The van der Waals surface area contributed by atoms with Crippen LogP contribution in [0.5, 0.6) is 5.75 Å². The topological polar surface area (TPSA) is 88.5 Å². The second-order valence-electron chi connectivity index (χ2n) is 6.33. The number of ether oxygens (including phenoxy) is 1. The summed E-state index contributed by atoms with van der Waals surface area (Å²) in [6, 6.07) is 6.90. The molecule has 0 unspecified atom stereocenters. The fraction of sp³-hybridized carbons (Fsp3) is 0.389. The summed E-state index contributed by atoms with van der Waals surface area (Å²) in [5, 5.41) is 14.9. The molecule has 0 radical (unpaired) electrons. The molecule has 0 bridgehead atoms. The molecule has 6 nitrogen and oxygen atoms in total. The number of aliphatic carboxylic acids is 1. The maximum atomic E-state index is 12.5. The zero-order chi connectivity index (χ0) is 17.9. The predicted molar refractivity (Wildman–Crippen MR) is 93.9 cm³/mol. The number of benzene rings is 1. The highest BCUT2D eigenvalue weighted by molar-refractivity contribution is 7.09. The number of aryl methyl sites for hydroxylation is 1. The quantitative estimate of drug-likeness (QED) is 0.792. The van der Waals surface area contributed by atoms with E-state index in [9.17, 15) is 9.59 Å². The molecule has 0 spiro atoms. The Morgan fingerprint density at radius 3 is 2.80 bits per heavy atom. The van der Waals surface area contributed by atoms with E-state index in [0.717, 1.165) is 17.1 Å². The van der Waals surface area contributed by atoms with Gasteiger partial charge >= 0.3 is 5.97 Å². The fourth-order valence-corrected chi connectivity index (χ4v) is 3.51. The first-order valence-electron chi connectivity index (χ1n) is 8.14. The Hall–Kier alpha value is -2.41. The van der Waals surface area contributed by atoms with Crippen molar-refractivity contribution in [2.45, 2.75) is 44.8 Å². The first-order valence-corrected chi connectivity index (χ1v) is 9.02. The van der Waals surface area contributed by atoms with Gasteiger partial charge in [0.2, 0.25) is 0 Å². The van der Waals surface area contributed by atoms with E-state index in [-0.39, 0.29) is 12.3 Å². The molecule has 2 aromatic rings. The molecule has 1 heterocycles. The summed E-state index contributed by atoms with van der Waals surface area (Å²) in [5.41, 5.74) is 0.702. The number of nitrogens with one attached hydrogen (secondary N) is 1. The minimum Gasteiger partial charge on any atom is -0.487 e. The third-order valence-corrected chi connectivity index (χ3v) is 5.15. The summed E-state index contributed by atoms with van der Waals surface area (Å²) in [7, 11) is 0. The van der Waals surface area contributed by atoms with E-state index in [4.69, 9.17) is 9.84 Å². The molecule has 1 fully saturated rings. The van der Waals surface area contributed by atoms with Crippen LogP contribution in [0, 0.1) is 6.92 Å². The van der Waals surface area contributed by atoms with E-state index < -0.39 is 11.5 Å². The zero-order valence-electron chi connectivity index (χ0n) is 13.9. The Kier molecular flexibility index (Phi) is 5.03. The molecule has 0 aliphatic heterocycles. The van der Waals surface area contributed by atoms with Crippen molar-refractivity contribution in [2.75, 3.05) is 0 Å². The van der Waals surface area contributed by atoms with Gasteiger partial charge in [0.25, 0.3) is 5.91 Å². The van der Waals surface area contributed by atoms with Gasteiger partial charge in [0.15, 0.2) is 0 Å². The Balaban J connectivity index is 1.64. The summed E-state index contributed by atoms with van der Waals surface area (Å²) in [6.45, 7) is 2.28. The second-order valence-corrected chi connectivity index (χ2v) is 7.40. The number of hydrogen-bond donors (Lipinski definition) is 2. The minimum absolute atomic E-state index is 0.0435. The van der Waals surface area contributed by atoms with Gasteiger partial charge in [0.05, 0.1) is 22.7 Å². The molecule has 2 N–H and O–H groups in total. The molecule has 1 aromatic heterocycles. The molecule has 1 aliphatic rings. The van der Waals surface area contributed by atoms with E-state index >= 15 is 0 Å². The number of aromatic nitrogens is 1. The van der Waals surface area contributed by atoms with Gasteiger partial charge in [-0.05, 0) is 44.4 Å². The average molecular weight is 360 g/mol. The van der Waals surface area contributed by atoms with Crippen LogP contribution in [0.4, 0.5) is 0 Å². The van der Waals surface area contributed by atoms with Gasteiger partial charge in [0, 0.05) is 10.9 Å². The highest BCUT2D eigenvalue weighted by Gasteiger charge is 2.40. The summed E-state index contributed by atoms with van der Waals surface area (Å²) in [4.78, 5) is 27.9. The lowest BCUT2D eigenvalue weighted by atomic mass is 9.74. The highest BCUT2D eigenvalue weighted by atomic mass is 32.1. The van der Waals surface area contributed by atoms with E-state index in [1.807, 2.05) is 12.3 Å². The van der Waals surface area contributed by atoms with Gasteiger partial charge in [-0.3, -0.25) is 9.59 Å². The number of thiazole rings is 1. The van der Waals surface area contributed by atoms with Gasteiger partial charge in [-0.2, -0.15) is 0 Å². The van der Waals surface area contributed by atoms with Gasteiger partial charge in [-0.25, -0.2) is 4.98 Å². The molecule has 25 heavy (non-hydrogen) atoms. The lowest BCUT2D eigenvalue weighted by molar-refractivity contribution is -0.139. The van der Waals surface area contributed by atoms with Crippen LogP contribution in [-0.4, -0.2) is 27.5 Å². The Morgan fingerprint density at radius 2 is 2.20 bits per heavy atom. The van der Waals surface area contributed by atoms with Crippen LogP contribution in [-0.2, 0) is 11.4 Å². The fourth-order valence-electron chi connectivity index (χ4n) is 2.91. The molecule has 1 amide bonds. The van der Waals surface area contributed by atoms with Crippen molar-refractivity contribution in [3.05, 3.63) is 45.9 Å². The molecule has 132 valence electrons. The summed E-state index contributed by atoms with van der Waals surface area (Å²) in [6.07, 6.45) is 2.29. The van der Waals surface area contributed by atoms with Crippen LogP contribution < -0.4 is 10.1 Å². The molecular formula is C18H20N2O4S. The van der Waals surface area contributed by atoms with E-state index in [1.54, 1.807) is 35.6 Å². The summed E-state index contributed by atoms with van der Waals surface area (Å²) >= 11 is 1.56. The lowest BCUT2D eigenvalue weighted by Crippen LogP contribution is -2.54. The van der Waals surface area contributed by atoms with Crippen molar-refractivity contribution in [1.82, 2.24) is 10.3 Å². The molecule has 1 saturated carbocycles. The maximum Gasteiger partial charge on any atom is 0.305 e. The zero-order valence-corrected chi connectivity index (χ0v) is 14.8. The van der Waals surface area contributed by atoms with Crippen molar-refractivity contribution < 1.29 is 19.4 Å². The van der Waals surface area contributed by atoms with Gasteiger partial charge < -0.3 is 15.2 Å². The largest absolute Gasteiger partial charge is 0.487 e. The van der Waals surface area contributed by atoms with Crippen LogP contribution in [0.25, 0.3) is 0 Å². The molecule has 0 saturated heterocycles. The van der Waals surface area contributed by atoms with E-state index in [2.05, 4.69) is 10.3 Å². The number of hydrogen-bond acceptors (Lipinski definition) is 5. The number of carboxylic acids is 1. The third kappa shape index (κ3) is 4.36. The highest BCUT2D eigenvalue weighted by Crippen LogP contribution is 2.35. The monoisotopic (exact) mass is 360 g/mol. The van der Waals surface area contributed by atoms with Crippen LogP contribution >= 0.6 is 11.3 Å². The standard InChI is InChI=1S/C18H20N2O4S/c1-12-19-14(11-25-12)10-24-15-5-2-4-13(8-15)17(23)20-18(6-3-7-18)9-16(21)22/h2,4-5,8,11H,3,6-7,9-10H2,1H3,(H,20,23)(H,21,22). The van der Waals surface area contributed by atoms with Crippen LogP contribution in [0.3, 0.4) is 0 Å². The second kappa shape index (κ2) is 7.23. The molecule has 7 heteroatoms. The minimum atomic E-state index is -0.893. The summed E-state index contributed by atoms with van der Waals surface area (Å²) in [5.74, 6) is -0.578. The average Bonchev–Trinajstić information content (AvgIpc) is 2.96. The van der Waals surface area contributed by atoms with Gasteiger partial charge in [0.1, 0.15) is 12.4 Å². The maximum absolute atomic E-state index is 12.5. The van der Waals surface area contributed by atoms with Crippen LogP contribution in [0.1, 0.15) is 46.7 Å². The Labute approximate surface area is 149 Å². The first kappa shape index (κ1) is 17.4. The Morgan fingerprint density at radius 1 is 1.40 bits per heavy atom. The number of carbonyl (C=O) groups excluding carboxylic acids is 1. The summed E-state index contributed by atoms with van der Waals surface area (Å²) < 4.78 is 5.70.